The van der Waals surface area contributed by atoms with Crippen LogP contribution in [0.1, 0.15) is 12.7 Å². The number of nitrogens with zero attached hydrogens (tertiary/aromatic N) is 2. The van der Waals surface area contributed by atoms with Crippen LogP contribution in [0, 0.1) is 5.92 Å². The minimum atomic E-state index is 0.396. The maximum Gasteiger partial charge on any atom is 0.129 e. The van der Waals surface area contributed by atoms with E-state index in [0.717, 1.165) is 29.0 Å². The second kappa shape index (κ2) is 5.43. The van der Waals surface area contributed by atoms with Crippen LogP contribution >= 0.6 is 0 Å². The summed E-state index contributed by atoms with van der Waals surface area (Å²) in [6.07, 6.45) is 4.64. The lowest BCUT2D eigenvalue weighted by molar-refractivity contribution is 0.574. The van der Waals surface area contributed by atoms with Crippen LogP contribution in [0.15, 0.2) is 42.7 Å². The summed E-state index contributed by atoms with van der Waals surface area (Å²) >= 11 is 0. The molecule has 1 aromatic carbocycles. The van der Waals surface area contributed by atoms with Gasteiger partial charge in [-0.3, -0.25) is 0 Å². The van der Waals surface area contributed by atoms with Crippen molar-refractivity contribution in [1.29, 1.82) is 0 Å². The van der Waals surface area contributed by atoms with Crippen LogP contribution < -0.4 is 5.73 Å². The van der Waals surface area contributed by atoms with E-state index >= 15 is 0 Å². The number of para-hydroxylation sites is 1. The molecule has 4 nitrogen and oxygen atoms in total. The van der Waals surface area contributed by atoms with Crippen molar-refractivity contribution in [2.75, 3.05) is 6.54 Å². The molecule has 3 aromatic rings. The fourth-order valence-electron chi connectivity index (χ4n) is 2.33. The Bertz CT molecular complexity index is 717. The second-order valence-corrected chi connectivity index (χ2v) is 5.15. The first-order chi connectivity index (χ1) is 9.78. The first kappa shape index (κ1) is 12.8. The molecule has 102 valence electrons. The van der Waals surface area contributed by atoms with Crippen LogP contribution in [0.25, 0.3) is 22.2 Å². The standard InChI is InChI=1S/C16H18N4/c1-11(9-17)8-16-18-7-6-15(20-16)13-10-19-14-5-3-2-4-12(13)14/h2-7,10-11,19H,8-9,17H2,1H3. The Labute approximate surface area is 118 Å². The fourth-order valence-corrected chi connectivity index (χ4v) is 2.33. The number of aromatic nitrogens is 3. The second-order valence-electron chi connectivity index (χ2n) is 5.15. The number of H-pyrrole nitrogens is 1. The number of benzene rings is 1. The van der Waals surface area contributed by atoms with Gasteiger partial charge in [0.05, 0.1) is 5.69 Å². The van der Waals surface area contributed by atoms with E-state index in [4.69, 9.17) is 5.73 Å². The largest absolute Gasteiger partial charge is 0.360 e. The van der Waals surface area contributed by atoms with Gasteiger partial charge in [-0.2, -0.15) is 0 Å². The predicted molar refractivity (Wildman–Crippen MR) is 81.2 cm³/mol. The molecule has 4 heteroatoms. The topological polar surface area (TPSA) is 67.6 Å². The third-order valence-corrected chi connectivity index (χ3v) is 3.50. The molecule has 0 fully saturated rings. The molecule has 0 bridgehead atoms. The minimum Gasteiger partial charge on any atom is -0.360 e. The summed E-state index contributed by atoms with van der Waals surface area (Å²) in [4.78, 5) is 12.3. The zero-order chi connectivity index (χ0) is 13.9. The summed E-state index contributed by atoms with van der Waals surface area (Å²) in [5.74, 6) is 1.25. The molecular weight excluding hydrogens is 248 g/mol. The quantitative estimate of drug-likeness (QED) is 0.763. The van der Waals surface area contributed by atoms with Crippen LogP contribution in [-0.4, -0.2) is 21.5 Å². The average molecular weight is 266 g/mol. The summed E-state index contributed by atoms with van der Waals surface area (Å²) in [5.41, 5.74) is 8.86. The third-order valence-electron chi connectivity index (χ3n) is 3.50. The number of rotatable bonds is 4. The van der Waals surface area contributed by atoms with Gasteiger partial charge in [-0.25, -0.2) is 9.97 Å². The van der Waals surface area contributed by atoms with Crippen LogP contribution in [0.2, 0.25) is 0 Å². The highest BCUT2D eigenvalue weighted by Crippen LogP contribution is 2.26. The molecule has 0 saturated carbocycles. The van der Waals surface area contributed by atoms with E-state index < -0.39 is 0 Å². The molecule has 0 radical (unpaired) electrons. The predicted octanol–water partition coefficient (Wildman–Crippen LogP) is 2.76. The molecule has 0 saturated heterocycles. The van der Waals surface area contributed by atoms with Crippen molar-refractivity contribution in [1.82, 2.24) is 15.0 Å². The number of hydrogen-bond acceptors (Lipinski definition) is 3. The smallest absolute Gasteiger partial charge is 0.129 e. The van der Waals surface area contributed by atoms with Gasteiger partial charge in [0.2, 0.25) is 0 Å². The Balaban J connectivity index is 2.00. The van der Waals surface area contributed by atoms with Crippen LogP contribution in [-0.2, 0) is 6.42 Å². The molecule has 0 aliphatic carbocycles. The summed E-state index contributed by atoms with van der Waals surface area (Å²) in [7, 11) is 0. The fraction of sp³-hybridized carbons (Fsp3) is 0.250. The van der Waals surface area contributed by atoms with Crippen LogP contribution in [0.4, 0.5) is 0 Å². The zero-order valence-corrected chi connectivity index (χ0v) is 11.5. The zero-order valence-electron chi connectivity index (χ0n) is 11.5. The number of nitrogens with one attached hydrogen (secondary N) is 1. The Hall–Kier alpha value is -2.20. The van der Waals surface area contributed by atoms with Crippen LogP contribution in [0.5, 0.6) is 0 Å². The Morgan fingerprint density at radius 2 is 2.10 bits per heavy atom. The van der Waals surface area contributed by atoms with Crippen molar-refractivity contribution < 1.29 is 0 Å². The molecular formula is C16H18N4. The Morgan fingerprint density at radius 3 is 2.95 bits per heavy atom. The molecule has 2 aromatic heterocycles. The maximum absolute atomic E-state index is 5.67. The van der Waals surface area contributed by atoms with Crippen molar-refractivity contribution in [2.45, 2.75) is 13.3 Å². The van der Waals surface area contributed by atoms with E-state index in [1.807, 2.05) is 30.6 Å². The van der Waals surface area contributed by atoms with Crippen molar-refractivity contribution in [2.24, 2.45) is 11.7 Å². The van der Waals surface area contributed by atoms with Gasteiger partial charge in [-0.15, -0.1) is 0 Å². The lowest BCUT2D eigenvalue weighted by Crippen LogP contribution is -2.14. The summed E-state index contributed by atoms with van der Waals surface area (Å²) in [5, 5.41) is 1.18. The van der Waals surface area contributed by atoms with Crippen molar-refractivity contribution >= 4 is 10.9 Å². The molecule has 3 rings (SSSR count). The average Bonchev–Trinajstić information content (AvgIpc) is 2.91. The van der Waals surface area contributed by atoms with Crippen LogP contribution in [0.3, 0.4) is 0 Å². The SMILES string of the molecule is CC(CN)Cc1nccc(-c2c[nH]c3ccccc23)n1. The number of nitrogens with two attached hydrogens (primary N) is 1. The van der Waals surface area contributed by atoms with E-state index in [2.05, 4.69) is 34.0 Å². The first-order valence-electron chi connectivity index (χ1n) is 6.86. The van der Waals surface area contributed by atoms with Gasteiger partial charge in [-0.05, 0) is 24.6 Å². The number of fused-ring (bicyclic) bond motifs is 1. The summed E-state index contributed by atoms with van der Waals surface area (Å²) < 4.78 is 0. The first-order valence-corrected chi connectivity index (χ1v) is 6.86. The molecule has 1 unspecified atom stereocenters. The lowest BCUT2D eigenvalue weighted by atomic mass is 10.1. The normalized spacial score (nSPS) is 12.7. The van der Waals surface area contributed by atoms with Gasteiger partial charge in [0.15, 0.2) is 0 Å². The van der Waals surface area contributed by atoms with E-state index in [-0.39, 0.29) is 0 Å². The minimum absolute atomic E-state index is 0.396. The summed E-state index contributed by atoms with van der Waals surface area (Å²) in [6, 6.07) is 10.2. The summed E-state index contributed by atoms with van der Waals surface area (Å²) in [6.45, 7) is 2.77. The van der Waals surface area contributed by atoms with Gasteiger partial charge in [0, 0.05) is 35.3 Å². The van der Waals surface area contributed by atoms with Gasteiger partial charge < -0.3 is 10.7 Å². The lowest BCUT2D eigenvalue weighted by Gasteiger charge is -2.07. The van der Waals surface area contributed by atoms with E-state index in [1.54, 1.807) is 0 Å². The molecule has 2 heterocycles. The molecule has 0 aliphatic heterocycles. The van der Waals surface area contributed by atoms with Gasteiger partial charge in [0.1, 0.15) is 5.82 Å². The van der Waals surface area contributed by atoms with Crippen molar-refractivity contribution in [3.05, 3.63) is 48.5 Å². The Morgan fingerprint density at radius 1 is 1.25 bits per heavy atom. The number of aromatic amines is 1. The van der Waals surface area contributed by atoms with Gasteiger partial charge in [-0.1, -0.05) is 25.1 Å². The molecule has 20 heavy (non-hydrogen) atoms. The van der Waals surface area contributed by atoms with Gasteiger partial charge in [0.25, 0.3) is 0 Å². The van der Waals surface area contributed by atoms with Gasteiger partial charge >= 0.3 is 0 Å². The van der Waals surface area contributed by atoms with Crippen molar-refractivity contribution in [3.8, 4) is 11.3 Å². The molecule has 0 spiro atoms. The highest BCUT2D eigenvalue weighted by Gasteiger charge is 2.09. The highest BCUT2D eigenvalue weighted by molar-refractivity contribution is 5.94. The maximum atomic E-state index is 5.67. The molecule has 0 aliphatic rings. The molecule has 3 N–H and O–H groups in total. The van der Waals surface area contributed by atoms with Crippen molar-refractivity contribution in [3.63, 3.8) is 0 Å². The Kier molecular flexibility index (Phi) is 3.48. The molecule has 0 amide bonds. The highest BCUT2D eigenvalue weighted by atomic mass is 14.9. The third kappa shape index (κ3) is 2.42. The van der Waals surface area contributed by atoms with E-state index in [0.29, 0.717) is 12.5 Å². The monoisotopic (exact) mass is 266 g/mol. The van der Waals surface area contributed by atoms with E-state index in [1.165, 1.54) is 5.39 Å². The number of hydrogen-bond donors (Lipinski definition) is 2. The molecule has 1 atom stereocenters. The van der Waals surface area contributed by atoms with E-state index in [9.17, 15) is 0 Å².